The predicted octanol–water partition coefficient (Wildman–Crippen LogP) is 3.49. The maximum absolute atomic E-state index is 12.0. The van der Waals surface area contributed by atoms with Crippen molar-refractivity contribution in [3.63, 3.8) is 0 Å². The largest absolute Gasteiger partial charge is 0.342 e. The Morgan fingerprint density at radius 1 is 1.04 bits per heavy atom. The number of carbonyl (C=O) groups is 2. The van der Waals surface area contributed by atoms with E-state index < -0.39 is 0 Å². The van der Waals surface area contributed by atoms with Gasteiger partial charge in [0.15, 0.2) is 5.82 Å². The van der Waals surface area contributed by atoms with Gasteiger partial charge < -0.3 is 10.3 Å². The summed E-state index contributed by atoms with van der Waals surface area (Å²) in [5, 5.41) is 2.85. The highest BCUT2D eigenvalue weighted by Crippen LogP contribution is 2.10. The first-order chi connectivity index (χ1) is 12.2. The Labute approximate surface area is 145 Å². The number of benzene rings is 2. The minimum absolute atomic E-state index is 0.0671. The summed E-state index contributed by atoms with van der Waals surface area (Å²) in [7, 11) is 0. The SMILES string of the molecule is O=C(Cc1ccc(C=CC(=O)c2ncc[nH]2)cc1)Nc1ccccc1. The molecule has 0 aliphatic rings. The molecule has 3 aromatic rings. The molecule has 5 nitrogen and oxygen atoms in total. The van der Waals surface area contributed by atoms with Crippen molar-refractivity contribution in [3.05, 3.63) is 90.0 Å². The fourth-order valence-electron chi connectivity index (χ4n) is 2.31. The first kappa shape index (κ1) is 16.4. The lowest BCUT2D eigenvalue weighted by Gasteiger charge is -2.05. The Morgan fingerprint density at radius 3 is 2.48 bits per heavy atom. The van der Waals surface area contributed by atoms with Crippen LogP contribution in [-0.4, -0.2) is 21.7 Å². The van der Waals surface area contributed by atoms with Gasteiger partial charge in [0.05, 0.1) is 6.42 Å². The van der Waals surface area contributed by atoms with E-state index in [2.05, 4.69) is 15.3 Å². The van der Waals surface area contributed by atoms with Crippen LogP contribution in [0.1, 0.15) is 21.7 Å². The van der Waals surface area contributed by atoms with Gasteiger partial charge in [-0.25, -0.2) is 4.98 Å². The summed E-state index contributed by atoms with van der Waals surface area (Å²) in [6.07, 6.45) is 6.63. The number of aromatic nitrogens is 2. The van der Waals surface area contributed by atoms with Gasteiger partial charge in [0, 0.05) is 18.1 Å². The molecule has 0 aliphatic carbocycles. The summed E-state index contributed by atoms with van der Waals surface area (Å²) < 4.78 is 0. The van der Waals surface area contributed by atoms with Crippen molar-refractivity contribution in [2.45, 2.75) is 6.42 Å². The second kappa shape index (κ2) is 7.88. The van der Waals surface area contributed by atoms with E-state index >= 15 is 0 Å². The Bertz CT molecular complexity index is 867. The molecular weight excluding hydrogens is 314 g/mol. The lowest BCUT2D eigenvalue weighted by molar-refractivity contribution is -0.115. The first-order valence-corrected chi connectivity index (χ1v) is 7.86. The summed E-state index contributed by atoms with van der Waals surface area (Å²) >= 11 is 0. The molecule has 1 aromatic heterocycles. The van der Waals surface area contributed by atoms with Gasteiger partial charge in [0.2, 0.25) is 11.7 Å². The molecule has 5 heteroatoms. The number of carbonyl (C=O) groups excluding carboxylic acids is 2. The number of imidazole rings is 1. The van der Waals surface area contributed by atoms with E-state index in [9.17, 15) is 9.59 Å². The van der Waals surface area contributed by atoms with E-state index in [1.54, 1.807) is 12.3 Å². The van der Waals surface area contributed by atoms with E-state index in [0.29, 0.717) is 12.2 Å². The third kappa shape index (κ3) is 4.75. The number of ketones is 1. The molecule has 2 N–H and O–H groups in total. The summed E-state index contributed by atoms with van der Waals surface area (Å²) in [4.78, 5) is 30.5. The normalized spacial score (nSPS) is 10.7. The summed E-state index contributed by atoms with van der Waals surface area (Å²) in [6, 6.07) is 16.8. The second-order valence-electron chi connectivity index (χ2n) is 5.47. The Hall–Kier alpha value is -3.47. The van der Waals surface area contributed by atoms with Crippen LogP contribution >= 0.6 is 0 Å². The van der Waals surface area contributed by atoms with Crippen LogP contribution in [0.2, 0.25) is 0 Å². The molecule has 0 radical (unpaired) electrons. The van der Waals surface area contributed by atoms with Gasteiger partial charge in [0.25, 0.3) is 0 Å². The minimum atomic E-state index is -0.184. The lowest BCUT2D eigenvalue weighted by atomic mass is 10.1. The monoisotopic (exact) mass is 331 g/mol. The molecule has 0 bridgehead atoms. The molecule has 2 aromatic carbocycles. The quantitative estimate of drug-likeness (QED) is 0.536. The number of aromatic amines is 1. The van der Waals surface area contributed by atoms with Crippen molar-refractivity contribution in [2.24, 2.45) is 0 Å². The van der Waals surface area contributed by atoms with Crippen molar-refractivity contribution in [1.29, 1.82) is 0 Å². The van der Waals surface area contributed by atoms with Gasteiger partial charge in [-0.3, -0.25) is 9.59 Å². The first-order valence-electron chi connectivity index (χ1n) is 7.86. The fourth-order valence-corrected chi connectivity index (χ4v) is 2.31. The molecule has 0 saturated carbocycles. The second-order valence-corrected chi connectivity index (χ2v) is 5.47. The van der Waals surface area contributed by atoms with Gasteiger partial charge in [-0.2, -0.15) is 0 Å². The number of hydrogen-bond acceptors (Lipinski definition) is 3. The van der Waals surface area contributed by atoms with Crippen LogP contribution in [0.4, 0.5) is 5.69 Å². The number of H-pyrrole nitrogens is 1. The number of para-hydroxylation sites is 1. The van der Waals surface area contributed by atoms with Gasteiger partial charge in [-0.05, 0) is 29.3 Å². The zero-order valence-corrected chi connectivity index (χ0v) is 13.5. The standard InChI is InChI=1S/C20H17N3O2/c24-18(20-21-12-13-22-20)11-10-15-6-8-16(9-7-15)14-19(25)23-17-4-2-1-3-5-17/h1-13H,14H2,(H,21,22)(H,23,25). The van der Waals surface area contributed by atoms with Gasteiger partial charge in [0.1, 0.15) is 0 Å². The number of nitrogens with one attached hydrogen (secondary N) is 2. The van der Waals surface area contributed by atoms with Crippen LogP contribution in [0.25, 0.3) is 6.08 Å². The maximum Gasteiger partial charge on any atom is 0.228 e. The van der Waals surface area contributed by atoms with Gasteiger partial charge in [-0.1, -0.05) is 48.5 Å². The van der Waals surface area contributed by atoms with E-state index in [4.69, 9.17) is 0 Å². The number of rotatable bonds is 6. The molecule has 0 unspecified atom stereocenters. The zero-order chi connectivity index (χ0) is 17.5. The molecular formula is C20H17N3O2. The third-order valence-corrected chi connectivity index (χ3v) is 3.56. The molecule has 1 amide bonds. The van der Waals surface area contributed by atoms with Crippen LogP contribution in [0.3, 0.4) is 0 Å². The fraction of sp³-hybridized carbons (Fsp3) is 0.0500. The summed E-state index contributed by atoms with van der Waals surface area (Å²) in [6.45, 7) is 0. The molecule has 25 heavy (non-hydrogen) atoms. The van der Waals surface area contributed by atoms with Crippen molar-refractivity contribution in [2.75, 3.05) is 5.32 Å². The van der Waals surface area contributed by atoms with Crippen LogP contribution in [-0.2, 0) is 11.2 Å². The highest BCUT2D eigenvalue weighted by molar-refractivity contribution is 6.04. The molecule has 0 saturated heterocycles. The predicted molar refractivity (Wildman–Crippen MR) is 97.2 cm³/mol. The van der Waals surface area contributed by atoms with E-state index in [-0.39, 0.29) is 11.7 Å². The van der Waals surface area contributed by atoms with Crippen LogP contribution in [0.15, 0.2) is 73.1 Å². The molecule has 0 fully saturated rings. The summed E-state index contributed by atoms with van der Waals surface area (Å²) in [5.41, 5.74) is 2.57. The molecule has 124 valence electrons. The number of allylic oxidation sites excluding steroid dienone is 1. The Morgan fingerprint density at radius 2 is 1.80 bits per heavy atom. The van der Waals surface area contributed by atoms with E-state index in [1.807, 2.05) is 54.6 Å². The highest BCUT2D eigenvalue weighted by atomic mass is 16.1. The molecule has 0 spiro atoms. The van der Waals surface area contributed by atoms with Crippen molar-refractivity contribution in [3.8, 4) is 0 Å². The maximum atomic E-state index is 12.0. The average molecular weight is 331 g/mol. The number of nitrogens with zero attached hydrogens (tertiary/aromatic N) is 1. The smallest absolute Gasteiger partial charge is 0.228 e. The van der Waals surface area contributed by atoms with Crippen LogP contribution in [0, 0.1) is 0 Å². The van der Waals surface area contributed by atoms with Crippen LogP contribution < -0.4 is 5.32 Å². The zero-order valence-electron chi connectivity index (χ0n) is 13.5. The van der Waals surface area contributed by atoms with Crippen molar-refractivity contribution in [1.82, 2.24) is 9.97 Å². The minimum Gasteiger partial charge on any atom is -0.342 e. The van der Waals surface area contributed by atoms with E-state index in [0.717, 1.165) is 16.8 Å². The highest BCUT2D eigenvalue weighted by Gasteiger charge is 2.05. The lowest BCUT2D eigenvalue weighted by Crippen LogP contribution is -2.14. The number of hydrogen-bond donors (Lipinski definition) is 2. The average Bonchev–Trinajstić information content (AvgIpc) is 3.16. The van der Waals surface area contributed by atoms with Crippen molar-refractivity contribution < 1.29 is 9.59 Å². The third-order valence-electron chi connectivity index (χ3n) is 3.56. The van der Waals surface area contributed by atoms with Crippen molar-refractivity contribution >= 4 is 23.5 Å². The van der Waals surface area contributed by atoms with Gasteiger partial charge in [-0.15, -0.1) is 0 Å². The van der Waals surface area contributed by atoms with Gasteiger partial charge >= 0.3 is 0 Å². The molecule has 0 atom stereocenters. The molecule has 1 heterocycles. The number of amides is 1. The Kier molecular flexibility index (Phi) is 5.16. The van der Waals surface area contributed by atoms with E-state index in [1.165, 1.54) is 12.3 Å². The molecule has 3 rings (SSSR count). The molecule has 0 aliphatic heterocycles. The Balaban J connectivity index is 1.57. The topological polar surface area (TPSA) is 74.8 Å². The van der Waals surface area contributed by atoms with Crippen LogP contribution in [0.5, 0.6) is 0 Å². The number of anilines is 1. The summed E-state index contributed by atoms with van der Waals surface area (Å²) in [5.74, 6) is 0.0595.